The average molecular weight is 645 g/mol. The molecule has 0 aromatic heterocycles. The number of amides is 2. The number of rotatable bonds is 24. The number of unbranched alkanes of at least 4 members (excludes halogenated alkanes) is 8. The number of nitrogens with one attached hydrogen (secondary N) is 2. The summed E-state index contributed by atoms with van der Waals surface area (Å²) in [5.74, 6) is 0.226. The maximum atomic E-state index is 12.8. The zero-order chi connectivity index (χ0) is 32.9. The quantitative estimate of drug-likeness (QED) is 0.0850. The lowest BCUT2D eigenvalue weighted by molar-refractivity contribution is 0.0942. The van der Waals surface area contributed by atoms with Crippen molar-refractivity contribution < 1.29 is 29.3 Å². The van der Waals surface area contributed by atoms with Gasteiger partial charge in [-0.15, -0.1) is 0 Å². The van der Waals surface area contributed by atoms with E-state index in [1.165, 1.54) is 77.7 Å². The average Bonchev–Trinajstić information content (AvgIpc) is 3.03. The Balaban J connectivity index is 2.02. The highest BCUT2D eigenvalue weighted by Gasteiger charge is 2.20. The first-order valence-electron chi connectivity index (χ1n) is 16.8. The second-order valence-corrected chi connectivity index (χ2v) is 13.2. The summed E-state index contributed by atoms with van der Waals surface area (Å²) < 4.78 is 10.3. The van der Waals surface area contributed by atoms with Crippen molar-refractivity contribution in [2.45, 2.75) is 114 Å². The Morgan fingerprint density at radius 1 is 0.644 bits per heavy atom. The molecule has 8 nitrogen and oxygen atoms in total. The SMILES string of the molecule is CCCCCCCC(CCNC(=O)c1ccc(OC)cc1O)SC(CCCCCCC)CCNC(=O)c1ccc(OC)cc1O. The minimum absolute atomic E-state index is 0.0955. The molecule has 2 atom stereocenters. The number of aromatic hydroxyl groups is 2. The van der Waals surface area contributed by atoms with Crippen LogP contribution in [0.4, 0.5) is 0 Å². The predicted molar refractivity (Wildman–Crippen MR) is 185 cm³/mol. The normalized spacial score (nSPS) is 12.4. The molecule has 0 radical (unpaired) electrons. The van der Waals surface area contributed by atoms with E-state index in [1.54, 1.807) is 24.3 Å². The molecule has 45 heavy (non-hydrogen) atoms. The smallest absolute Gasteiger partial charge is 0.255 e. The summed E-state index contributed by atoms with van der Waals surface area (Å²) in [4.78, 5) is 25.7. The Kier molecular flexibility index (Phi) is 19.0. The number of phenols is 2. The third kappa shape index (κ3) is 14.7. The van der Waals surface area contributed by atoms with Crippen molar-refractivity contribution in [3.8, 4) is 23.0 Å². The number of methoxy groups -OCH3 is 2. The van der Waals surface area contributed by atoms with E-state index in [2.05, 4.69) is 24.5 Å². The van der Waals surface area contributed by atoms with Gasteiger partial charge >= 0.3 is 0 Å². The van der Waals surface area contributed by atoms with Crippen molar-refractivity contribution >= 4 is 23.6 Å². The van der Waals surface area contributed by atoms with Crippen LogP contribution in [-0.4, -0.2) is 59.8 Å². The summed E-state index contributed by atoms with van der Waals surface area (Å²) in [5, 5.41) is 27.3. The van der Waals surface area contributed by atoms with Crippen molar-refractivity contribution in [1.82, 2.24) is 10.6 Å². The summed E-state index contributed by atoms with van der Waals surface area (Å²) in [6.07, 6.45) is 16.0. The highest BCUT2D eigenvalue weighted by atomic mass is 32.2. The molecule has 0 aliphatic carbocycles. The molecular weight excluding hydrogens is 588 g/mol. The lowest BCUT2D eigenvalue weighted by atomic mass is 10.1. The Hall–Kier alpha value is -3.07. The molecule has 2 rings (SSSR count). The fourth-order valence-electron chi connectivity index (χ4n) is 5.33. The summed E-state index contributed by atoms with van der Waals surface area (Å²) in [6, 6.07) is 9.40. The fourth-order valence-corrected chi connectivity index (χ4v) is 6.99. The lowest BCUT2D eigenvalue weighted by Gasteiger charge is -2.24. The van der Waals surface area contributed by atoms with Gasteiger partial charge in [0.25, 0.3) is 11.8 Å². The second kappa shape index (κ2) is 22.4. The minimum atomic E-state index is -0.293. The number of phenolic OH excluding ortho intramolecular Hbond substituents is 2. The van der Waals surface area contributed by atoms with Gasteiger partial charge in [-0.2, -0.15) is 11.8 Å². The molecule has 2 aromatic rings. The van der Waals surface area contributed by atoms with E-state index in [4.69, 9.17) is 9.47 Å². The fraction of sp³-hybridized carbons (Fsp3) is 0.611. The summed E-state index contributed by atoms with van der Waals surface area (Å²) >= 11 is 1.99. The Morgan fingerprint density at radius 2 is 1.04 bits per heavy atom. The van der Waals surface area contributed by atoms with Gasteiger partial charge < -0.3 is 30.3 Å². The zero-order valence-electron chi connectivity index (χ0n) is 27.9. The van der Waals surface area contributed by atoms with E-state index in [0.717, 1.165) is 38.5 Å². The highest BCUT2D eigenvalue weighted by molar-refractivity contribution is 8.00. The summed E-state index contributed by atoms with van der Waals surface area (Å²) in [7, 11) is 3.04. The first kappa shape index (κ1) is 38.1. The van der Waals surface area contributed by atoms with E-state index >= 15 is 0 Å². The standard InChI is InChI=1S/C36H56N2O6S/c1-5-7-9-11-13-15-29(21-23-37-35(41)31-19-17-27(43-3)25-33(31)39)45-30(16-14-12-10-8-6-2)22-24-38-36(42)32-20-18-28(44-4)26-34(32)40/h17-20,25-26,29-30,39-40H,5-16,21-24H2,1-4H3,(H,37,41)(H,38,42). The van der Waals surface area contributed by atoms with Crippen molar-refractivity contribution in [3.05, 3.63) is 47.5 Å². The van der Waals surface area contributed by atoms with Crippen molar-refractivity contribution in [1.29, 1.82) is 0 Å². The topological polar surface area (TPSA) is 117 Å². The number of carbonyl (C=O) groups is 2. The van der Waals surface area contributed by atoms with Crippen molar-refractivity contribution in [3.63, 3.8) is 0 Å². The number of thioether (sulfide) groups is 1. The lowest BCUT2D eigenvalue weighted by Crippen LogP contribution is -2.29. The van der Waals surface area contributed by atoms with Crippen LogP contribution in [0.1, 0.15) is 124 Å². The van der Waals surface area contributed by atoms with Gasteiger partial charge in [0.15, 0.2) is 0 Å². The first-order valence-corrected chi connectivity index (χ1v) is 17.7. The van der Waals surface area contributed by atoms with Gasteiger partial charge in [-0.3, -0.25) is 9.59 Å². The molecule has 9 heteroatoms. The first-order chi connectivity index (χ1) is 21.8. The monoisotopic (exact) mass is 644 g/mol. The number of hydrogen-bond donors (Lipinski definition) is 4. The van der Waals surface area contributed by atoms with E-state index in [1.807, 2.05) is 11.8 Å². The molecule has 0 heterocycles. The van der Waals surface area contributed by atoms with Crippen LogP contribution in [0.5, 0.6) is 23.0 Å². The largest absolute Gasteiger partial charge is 0.507 e. The van der Waals surface area contributed by atoms with Gasteiger partial charge in [0.1, 0.15) is 23.0 Å². The molecule has 0 aliphatic rings. The van der Waals surface area contributed by atoms with Crippen LogP contribution >= 0.6 is 11.8 Å². The second-order valence-electron chi connectivity index (χ2n) is 11.6. The van der Waals surface area contributed by atoms with Crippen LogP contribution in [0.3, 0.4) is 0 Å². The Labute approximate surface area is 275 Å². The van der Waals surface area contributed by atoms with Crippen molar-refractivity contribution in [2.75, 3.05) is 27.3 Å². The Bertz CT molecular complexity index is 1060. The highest BCUT2D eigenvalue weighted by Crippen LogP contribution is 2.31. The van der Waals surface area contributed by atoms with E-state index in [-0.39, 0.29) is 34.4 Å². The third-order valence-corrected chi connectivity index (χ3v) is 9.76. The van der Waals surface area contributed by atoms with Crippen LogP contribution in [0.25, 0.3) is 0 Å². The van der Waals surface area contributed by atoms with Gasteiger partial charge in [0, 0.05) is 35.7 Å². The summed E-state index contributed by atoms with van der Waals surface area (Å²) in [5.41, 5.74) is 0.478. The van der Waals surface area contributed by atoms with Gasteiger partial charge in [-0.1, -0.05) is 78.1 Å². The van der Waals surface area contributed by atoms with E-state index < -0.39 is 0 Å². The maximum absolute atomic E-state index is 12.8. The Morgan fingerprint density at radius 3 is 1.40 bits per heavy atom. The van der Waals surface area contributed by atoms with Crippen LogP contribution in [-0.2, 0) is 0 Å². The van der Waals surface area contributed by atoms with Crippen LogP contribution < -0.4 is 20.1 Å². The molecule has 0 aliphatic heterocycles. The molecule has 252 valence electrons. The molecular formula is C36H56N2O6S. The van der Waals surface area contributed by atoms with Crippen LogP contribution in [0, 0.1) is 0 Å². The molecule has 4 N–H and O–H groups in total. The number of ether oxygens (including phenoxy) is 2. The van der Waals surface area contributed by atoms with Crippen molar-refractivity contribution in [2.24, 2.45) is 0 Å². The molecule has 0 fully saturated rings. The minimum Gasteiger partial charge on any atom is -0.507 e. The van der Waals surface area contributed by atoms with E-state index in [0.29, 0.717) is 35.1 Å². The van der Waals surface area contributed by atoms with Crippen LogP contribution in [0.2, 0.25) is 0 Å². The van der Waals surface area contributed by atoms with Crippen LogP contribution in [0.15, 0.2) is 36.4 Å². The van der Waals surface area contributed by atoms with Gasteiger partial charge in [-0.25, -0.2) is 0 Å². The molecule has 2 amide bonds. The third-order valence-electron chi connectivity index (χ3n) is 8.05. The molecule has 2 aromatic carbocycles. The van der Waals surface area contributed by atoms with Gasteiger partial charge in [-0.05, 0) is 49.9 Å². The number of benzene rings is 2. The predicted octanol–water partition coefficient (Wildman–Crippen LogP) is 8.25. The van der Waals surface area contributed by atoms with Gasteiger partial charge in [0.05, 0.1) is 25.3 Å². The molecule has 0 saturated heterocycles. The molecule has 2 unspecified atom stereocenters. The summed E-state index contributed by atoms with van der Waals surface area (Å²) in [6.45, 7) is 5.49. The molecule has 0 bridgehead atoms. The molecule has 0 saturated carbocycles. The number of hydrogen-bond acceptors (Lipinski definition) is 7. The van der Waals surface area contributed by atoms with E-state index in [9.17, 15) is 19.8 Å². The zero-order valence-corrected chi connectivity index (χ0v) is 28.7. The maximum Gasteiger partial charge on any atom is 0.255 e. The van der Waals surface area contributed by atoms with Gasteiger partial charge in [0.2, 0.25) is 0 Å². The molecule has 0 spiro atoms. The number of carbonyl (C=O) groups excluding carboxylic acids is 2.